The maximum Gasteiger partial charge on any atom is 0.496 e. The van der Waals surface area contributed by atoms with Crippen LogP contribution < -0.4 is 16.3 Å². The van der Waals surface area contributed by atoms with Crippen LogP contribution in [0.5, 0.6) is 0 Å². The molecule has 1 fully saturated rings. The van der Waals surface area contributed by atoms with Crippen molar-refractivity contribution in [1.82, 2.24) is 14.3 Å². The third-order valence-corrected chi connectivity index (χ3v) is 6.16. The molecule has 2 aromatic heterocycles. The molecule has 2 aromatic rings. The number of nitrogens with zero attached hydrogens (tertiary/aromatic N) is 3. The number of nitrogens with one attached hydrogen (secondary N) is 1. The Labute approximate surface area is 166 Å². The number of hydrogen-bond donors (Lipinski definition) is 1. The monoisotopic (exact) mass is 384 g/mol. The zero-order chi connectivity index (χ0) is 20.1. The van der Waals surface area contributed by atoms with Gasteiger partial charge in [0.2, 0.25) is 0 Å². The minimum Gasteiger partial charge on any atom is -0.399 e. The SMILES string of the molecule is Cn1cc(B2OC(C)(C)C(C)(C)O2)cc(Nc2cc3n(n2)CCCCC3)c1=O. The van der Waals surface area contributed by atoms with Gasteiger partial charge in [-0.15, -0.1) is 0 Å². The number of pyridine rings is 1. The molecule has 7 nitrogen and oxygen atoms in total. The number of anilines is 2. The van der Waals surface area contributed by atoms with E-state index in [-0.39, 0.29) is 5.56 Å². The van der Waals surface area contributed by atoms with E-state index >= 15 is 0 Å². The summed E-state index contributed by atoms with van der Waals surface area (Å²) in [6.45, 7) is 9.01. The lowest BCUT2D eigenvalue weighted by Gasteiger charge is -2.32. The van der Waals surface area contributed by atoms with Gasteiger partial charge in [0.15, 0.2) is 5.82 Å². The van der Waals surface area contributed by atoms with Crippen LogP contribution in [-0.4, -0.2) is 32.7 Å². The molecule has 150 valence electrons. The number of rotatable bonds is 3. The molecule has 0 bridgehead atoms. The number of hydrogen-bond acceptors (Lipinski definition) is 5. The van der Waals surface area contributed by atoms with Crippen molar-refractivity contribution in [3.63, 3.8) is 0 Å². The Balaban J connectivity index is 1.63. The first-order chi connectivity index (χ1) is 13.2. The van der Waals surface area contributed by atoms with Crippen molar-refractivity contribution in [3.05, 3.63) is 34.4 Å². The van der Waals surface area contributed by atoms with Gasteiger partial charge in [0.25, 0.3) is 5.56 Å². The second-order valence-electron chi connectivity index (χ2n) is 8.87. The molecule has 0 saturated carbocycles. The first-order valence-corrected chi connectivity index (χ1v) is 10.1. The molecular formula is C20H29BN4O3. The van der Waals surface area contributed by atoms with E-state index in [1.54, 1.807) is 17.8 Å². The molecule has 2 aliphatic rings. The zero-order valence-electron chi connectivity index (χ0n) is 17.4. The smallest absolute Gasteiger partial charge is 0.399 e. The molecule has 0 aromatic carbocycles. The summed E-state index contributed by atoms with van der Waals surface area (Å²) in [6.07, 6.45) is 6.37. The highest BCUT2D eigenvalue weighted by Crippen LogP contribution is 2.36. The van der Waals surface area contributed by atoms with Crippen LogP contribution in [0, 0.1) is 0 Å². The summed E-state index contributed by atoms with van der Waals surface area (Å²) in [7, 11) is 1.22. The van der Waals surface area contributed by atoms with Crippen LogP contribution in [0.2, 0.25) is 0 Å². The predicted molar refractivity (Wildman–Crippen MR) is 110 cm³/mol. The van der Waals surface area contributed by atoms with E-state index < -0.39 is 18.3 Å². The summed E-state index contributed by atoms with van der Waals surface area (Å²) < 4.78 is 15.9. The quantitative estimate of drug-likeness (QED) is 0.823. The first-order valence-electron chi connectivity index (χ1n) is 10.1. The fourth-order valence-electron chi connectivity index (χ4n) is 3.73. The second kappa shape index (κ2) is 6.78. The highest BCUT2D eigenvalue weighted by atomic mass is 16.7. The van der Waals surface area contributed by atoms with Gasteiger partial charge in [0.05, 0.1) is 11.2 Å². The van der Waals surface area contributed by atoms with Crippen molar-refractivity contribution < 1.29 is 9.31 Å². The van der Waals surface area contributed by atoms with Crippen molar-refractivity contribution in [2.24, 2.45) is 7.05 Å². The van der Waals surface area contributed by atoms with Gasteiger partial charge in [-0.1, -0.05) is 6.42 Å². The summed E-state index contributed by atoms with van der Waals surface area (Å²) in [5, 5.41) is 7.86. The highest BCUT2D eigenvalue weighted by Gasteiger charge is 2.51. The predicted octanol–water partition coefficient (Wildman–Crippen LogP) is 2.35. The van der Waals surface area contributed by atoms with Gasteiger partial charge in [0, 0.05) is 37.0 Å². The molecule has 4 heterocycles. The minimum atomic E-state index is -0.518. The van der Waals surface area contributed by atoms with E-state index in [0.717, 1.165) is 24.8 Å². The molecule has 4 rings (SSSR count). The van der Waals surface area contributed by atoms with Gasteiger partial charge in [-0.3, -0.25) is 9.48 Å². The molecule has 0 spiro atoms. The fraction of sp³-hybridized carbons (Fsp3) is 0.600. The normalized spacial score (nSPS) is 20.7. The Morgan fingerprint density at radius 2 is 1.82 bits per heavy atom. The molecule has 1 saturated heterocycles. The number of fused-ring (bicyclic) bond motifs is 1. The highest BCUT2D eigenvalue weighted by molar-refractivity contribution is 6.62. The molecule has 2 aliphatic heterocycles. The van der Waals surface area contributed by atoms with Crippen molar-refractivity contribution >= 4 is 24.1 Å². The van der Waals surface area contributed by atoms with Crippen LogP contribution in [0.25, 0.3) is 0 Å². The minimum absolute atomic E-state index is 0.108. The lowest BCUT2D eigenvalue weighted by molar-refractivity contribution is 0.00578. The molecule has 0 aliphatic carbocycles. The van der Waals surface area contributed by atoms with E-state index in [4.69, 9.17) is 9.31 Å². The fourth-order valence-corrected chi connectivity index (χ4v) is 3.73. The van der Waals surface area contributed by atoms with Crippen LogP contribution in [0.3, 0.4) is 0 Å². The topological polar surface area (TPSA) is 70.3 Å². The summed E-state index contributed by atoms with van der Waals surface area (Å²) in [5.74, 6) is 0.708. The van der Waals surface area contributed by atoms with Gasteiger partial charge in [-0.25, -0.2) is 0 Å². The standard InChI is InChI=1S/C20H29BN4O3/c1-19(2)20(3,4)28-21(27-19)14-11-16(18(26)24(5)13-14)22-17-12-15-9-7-6-8-10-25(15)23-17/h11-13H,6-10H2,1-5H3,(H,22,23). The van der Waals surface area contributed by atoms with Crippen molar-refractivity contribution in [3.8, 4) is 0 Å². The van der Waals surface area contributed by atoms with E-state index in [1.807, 2.05) is 39.8 Å². The van der Waals surface area contributed by atoms with Crippen molar-refractivity contribution in [2.75, 3.05) is 5.32 Å². The van der Waals surface area contributed by atoms with E-state index in [2.05, 4.69) is 15.1 Å². The molecule has 28 heavy (non-hydrogen) atoms. The van der Waals surface area contributed by atoms with Crippen molar-refractivity contribution in [2.45, 2.75) is 71.1 Å². The summed E-state index contributed by atoms with van der Waals surface area (Å²) in [6, 6.07) is 3.86. The summed E-state index contributed by atoms with van der Waals surface area (Å²) in [4.78, 5) is 12.7. The lowest BCUT2D eigenvalue weighted by Crippen LogP contribution is -2.41. The first kappa shape index (κ1) is 19.3. The Morgan fingerprint density at radius 1 is 1.11 bits per heavy atom. The van der Waals surface area contributed by atoms with Crippen molar-refractivity contribution in [1.29, 1.82) is 0 Å². The molecule has 8 heteroatoms. The Bertz CT molecular complexity index is 908. The van der Waals surface area contributed by atoms with Crippen LogP contribution >= 0.6 is 0 Å². The lowest BCUT2D eigenvalue weighted by atomic mass is 9.80. The maximum absolute atomic E-state index is 12.7. The molecule has 0 radical (unpaired) electrons. The second-order valence-corrected chi connectivity index (χ2v) is 8.87. The number of aryl methyl sites for hydroxylation is 3. The largest absolute Gasteiger partial charge is 0.496 e. The third kappa shape index (κ3) is 3.39. The van der Waals surface area contributed by atoms with Gasteiger partial charge < -0.3 is 19.2 Å². The molecule has 0 atom stereocenters. The molecule has 0 amide bonds. The number of aromatic nitrogens is 3. The van der Waals surface area contributed by atoms with Crippen LogP contribution in [0.1, 0.15) is 52.7 Å². The summed E-state index contributed by atoms with van der Waals surface area (Å²) in [5.41, 5.74) is 1.54. The Hall–Kier alpha value is -2.06. The van der Waals surface area contributed by atoms with Crippen LogP contribution in [0.15, 0.2) is 23.1 Å². The van der Waals surface area contributed by atoms with Crippen LogP contribution in [0.4, 0.5) is 11.5 Å². The average Bonchev–Trinajstić information content (AvgIpc) is 2.98. The third-order valence-electron chi connectivity index (χ3n) is 6.16. The Morgan fingerprint density at radius 3 is 2.54 bits per heavy atom. The average molecular weight is 384 g/mol. The molecule has 1 N–H and O–H groups in total. The molecular weight excluding hydrogens is 355 g/mol. The van der Waals surface area contributed by atoms with Gasteiger partial charge in [-0.05, 0) is 53.0 Å². The van der Waals surface area contributed by atoms with Gasteiger partial charge in [0.1, 0.15) is 5.69 Å². The summed E-state index contributed by atoms with van der Waals surface area (Å²) >= 11 is 0. The maximum atomic E-state index is 12.7. The van der Waals surface area contributed by atoms with E-state index in [9.17, 15) is 4.79 Å². The van der Waals surface area contributed by atoms with E-state index in [1.165, 1.54) is 18.5 Å². The Kier molecular flexibility index (Phi) is 4.66. The van der Waals surface area contributed by atoms with Crippen LogP contribution in [-0.2, 0) is 29.3 Å². The van der Waals surface area contributed by atoms with E-state index in [0.29, 0.717) is 11.5 Å². The zero-order valence-corrected chi connectivity index (χ0v) is 17.4. The van der Waals surface area contributed by atoms with Gasteiger partial charge in [-0.2, -0.15) is 5.10 Å². The van der Waals surface area contributed by atoms with Gasteiger partial charge >= 0.3 is 7.12 Å². The molecule has 0 unspecified atom stereocenters.